The molecule has 0 bridgehead atoms. The molecule has 1 aromatic carbocycles. The largest absolute Gasteiger partial charge is 0.415 e. The molecule has 2 amide bonds. The van der Waals surface area contributed by atoms with Crippen LogP contribution in [0.3, 0.4) is 0 Å². The highest BCUT2D eigenvalue weighted by Gasteiger charge is 2.27. The van der Waals surface area contributed by atoms with Crippen molar-refractivity contribution in [2.75, 3.05) is 44.2 Å². The Morgan fingerprint density at radius 1 is 0.906 bits per heavy atom. The first-order valence-electron chi connectivity index (χ1n) is 11.2. The SMILES string of the molecule is Cc1ncc(N2CCN(C(=O)N3CCCCC3)CC2)nc1-c1nnc(-c2ccccc2)o1.[HH]. The van der Waals surface area contributed by atoms with Crippen molar-refractivity contribution in [1.82, 2.24) is 30.0 Å². The summed E-state index contributed by atoms with van der Waals surface area (Å²) in [5.74, 6) is 1.57. The Kier molecular flexibility index (Phi) is 5.70. The number of hydrogen-bond donors (Lipinski definition) is 0. The van der Waals surface area contributed by atoms with E-state index < -0.39 is 0 Å². The molecule has 9 nitrogen and oxygen atoms in total. The fraction of sp³-hybridized carbons (Fsp3) is 0.435. The Morgan fingerprint density at radius 2 is 1.59 bits per heavy atom. The minimum Gasteiger partial charge on any atom is -0.415 e. The van der Waals surface area contributed by atoms with E-state index in [1.807, 2.05) is 47.1 Å². The van der Waals surface area contributed by atoms with E-state index in [-0.39, 0.29) is 7.46 Å². The van der Waals surface area contributed by atoms with Crippen LogP contribution in [-0.4, -0.2) is 75.3 Å². The van der Waals surface area contributed by atoms with Gasteiger partial charge in [-0.3, -0.25) is 4.98 Å². The maximum atomic E-state index is 12.8. The van der Waals surface area contributed by atoms with Crippen LogP contribution in [0.5, 0.6) is 0 Å². The van der Waals surface area contributed by atoms with Gasteiger partial charge in [-0.05, 0) is 38.3 Å². The molecule has 3 aromatic rings. The van der Waals surface area contributed by atoms with Crippen molar-refractivity contribution in [3.8, 4) is 23.0 Å². The van der Waals surface area contributed by atoms with Gasteiger partial charge in [0.05, 0.1) is 11.9 Å². The van der Waals surface area contributed by atoms with E-state index in [2.05, 4.69) is 20.1 Å². The van der Waals surface area contributed by atoms with E-state index >= 15 is 0 Å². The van der Waals surface area contributed by atoms with Gasteiger partial charge in [0.25, 0.3) is 5.89 Å². The second-order valence-electron chi connectivity index (χ2n) is 8.24. The lowest BCUT2D eigenvalue weighted by molar-refractivity contribution is 0.141. The number of aromatic nitrogens is 4. The minimum atomic E-state index is 0. The molecule has 9 heteroatoms. The zero-order valence-corrected chi connectivity index (χ0v) is 18.3. The Balaban J connectivity index is 0.00000259. The molecule has 4 heterocycles. The van der Waals surface area contributed by atoms with Crippen LogP contribution in [0, 0.1) is 6.92 Å². The molecule has 2 aliphatic heterocycles. The first-order valence-corrected chi connectivity index (χ1v) is 11.2. The highest BCUT2D eigenvalue weighted by atomic mass is 16.4. The lowest BCUT2D eigenvalue weighted by Gasteiger charge is -2.39. The van der Waals surface area contributed by atoms with Crippen molar-refractivity contribution < 1.29 is 10.6 Å². The summed E-state index contributed by atoms with van der Waals surface area (Å²) in [5.41, 5.74) is 2.18. The van der Waals surface area contributed by atoms with Gasteiger partial charge in [-0.2, -0.15) is 0 Å². The van der Waals surface area contributed by atoms with Crippen LogP contribution in [0.4, 0.5) is 10.6 Å². The molecular formula is C23H29N7O2. The number of urea groups is 1. The highest BCUT2D eigenvalue weighted by molar-refractivity contribution is 5.75. The van der Waals surface area contributed by atoms with E-state index in [0.29, 0.717) is 30.6 Å². The summed E-state index contributed by atoms with van der Waals surface area (Å²) in [6, 6.07) is 9.83. The van der Waals surface area contributed by atoms with E-state index in [1.54, 1.807) is 6.20 Å². The molecule has 0 N–H and O–H groups in total. The maximum Gasteiger partial charge on any atom is 0.320 e. The van der Waals surface area contributed by atoms with Gasteiger partial charge in [-0.1, -0.05) is 18.2 Å². The highest BCUT2D eigenvalue weighted by Crippen LogP contribution is 2.26. The quantitative estimate of drug-likeness (QED) is 0.622. The van der Waals surface area contributed by atoms with Gasteiger partial charge in [0.1, 0.15) is 5.82 Å². The average molecular weight is 436 g/mol. The van der Waals surface area contributed by atoms with E-state index in [1.165, 1.54) is 6.42 Å². The minimum absolute atomic E-state index is 0. The smallest absolute Gasteiger partial charge is 0.320 e. The number of rotatable bonds is 3. The Bertz CT molecular complexity index is 1080. The van der Waals surface area contributed by atoms with Gasteiger partial charge in [0.15, 0.2) is 5.69 Å². The van der Waals surface area contributed by atoms with Crippen LogP contribution < -0.4 is 4.90 Å². The van der Waals surface area contributed by atoms with E-state index in [0.717, 1.165) is 56.1 Å². The van der Waals surface area contributed by atoms with Crippen LogP contribution in [-0.2, 0) is 0 Å². The fourth-order valence-electron chi connectivity index (χ4n) is 4.22. The number of piperidine rings is 1. The summed E-state index contributed by atoms with van der Waals surface area (Å²) in [4.78, 5) is 28.2. The Morgan fingerprint density at radius 3 is 2.34 bits per heavy atom. The molecule has 0 radical (unpaired) electrons. The number of likely N-dealkylation sites (tertiary alicyclic amines) is 1. The molecule has 2 aromatic heterocycles. The standard InChI is InChI=1S/C23H27N7O2.H2/c1-17-20(22-27-26-21(32-22)18-8-4-2-5-9-18)25-19(16-24-17)28-12-14-30(15-13-28)23(31)29-10-6-3-7-11-29;/h2,4-5,8-9,16H,3,6-7,10-15H2,1H3;1H. The molecule has 0 atom stereocenters. The van der Waals surface area contributed by atoms with E-state index in [4.69, 9.17) is 9.40 Å². The molecule has 0 spiro atoms. The van der Waals surface area contributed by atoms with Crippen molar-refractivity contribution in [1.29, 1.82) is 0 Å². The van der Waals surface area contributed by atoms with Crippen molar-refractivity contribution >= 4 is 11.8 Å². The van der Waals surface area contributed by atoms with Crippen molar-refractivity contribution in [2.24, 2.45) is 0 Å². The number of aryl methyl sites for hydroxylation is 1. The normalized spacial score (nSPS) is 17.0. The zero-order valence-electron chi connectivity index (χ0n) is 18.3. The predicted molar refractivity (Wildman–Crippen MR) is 122 cm³/mol. The van der Waals surface area contributed by atoms with E-state index in [9.17, 15) is 4.79 Å². The Labute approximate surface area is 188 Å². The van der Waals surface area contributed by atoms with Gasteiger partial charge in [0.2, 0.25) is 5.89 Å². The fourth-order valence-corrected chi connectivity index (χ4v) is 4.22. The summed E-state index contributed by atoms with van der Waals surface area (Å²) in [6.07, 6.45) is 5.21. The monoisotopic (exact) mass is 435 g/mol. The lowest BCUT2D eigenvalue weighted by atomic mass is 10.1. The first-order chi connectivity index (χ1) is 15.7. The number of carbonyl (C=O) groups excluding carboxylic acids is 1. The molecule has 0 unspecified atom stereocenters. The molecule has 2 aliphatic rings. The molecule has 168 valence electrons. The third-order valence-electron chi connectivity index (χ3n) is 6.09. The second kappa shape index (κ2) is 8.94. The van der Waals surface area contributed by atoms with Gasteiger partial charge in [-0.15, -0.1) is 10.2 Å². The van der Waals surface area contributed by atoms with Crippen LogP contribution in [0.1, 0.15) is 26.4 Å². The van der Waals surface area contributed by atoms with Crippen LogP contribution in [0.2, 0.25) is 0 Å². The zero-order chi connectivity index (χ0) is 21.9. The first kappa shape index (κ1) is 20.4. The second-order valence-corrected chi connectivity index (χ2v) is 8.24. The summed E-state index contributed by atoms with van der Waals surface area (Å²) < 4.78 is 5.89. The molecule has 0 saturated carbocycles. The Hall–Kier alpha value is -3.49. The number of benzene rings is 1. The molecule has 0 aliphatic carbocycles. The summed E-state index contributed by atoms with van der Waals surface area (Å²) in [5, 5.41) is 8.37. The molecule has 2 saturated heterocycles. The van der Waals surface area contributed by atoms with Gasteiger partial charge in [0, 0.05) is 46.3 Å². The van der Waals surface area contributed by atoms with Crippen molar-refractivity contribution in [3.05, 3.63) is 42.2 Å². The van der Waals surface area contributed by atoms with Crippen molar-refractivity contribution in [3.63, 3.8) is 0 Å². The molecule has 2 fully saturated rings. The van der Waals surface area contributed by atoms with Gasteiger partial charge < -0.3 is 19.1 Å². The number of carbonyl (C=O) groups is 1. The molecule has 32 heavy (non-hydrogen) atoms. The lowest BCUT2D eigenvalue weighted by Crippen LogP contribution is -2.53. The third kappa shape index (κ3) is 4.15. The number of hydrogen-bond acceptors (Lipinski definition) is 7. The van der Waals surface area contributed by atoms with Gasteiger partial charge >= 0.3 is 6.03 Å². The maximum absolute atomic E-state index is 12.8. The molecule has 5 rings (SSSR count). The van der Waals surface area contributed by atoms with Crippen LogP contribution in [0.15, 0.2) is 40.9 Å². The number of amides is 2. The average Bonchev–Trinajstić information content (AvgIpc) is 3.35. The molecular weight excluding hydrogens is 406 g/mol. The number of piperazine rings is 1. The van der Waals surface area contributed by atoms with Crippen LogP contribution in [0.25, 0.3) is 23.0 Å². The number of anilines is 1. The summed E-state index contributed by atoms with van der Waals surface area (Å²) >= 11 is 0. The van der Waals surface area contributed by atoms with Crippen molar-refractivity contribution in [2.45, 2.75) is 26.2 Å². The van der Waals surface area contributed by atoms with Crippen LogP contribution >= 0.6 is 0 Å². The number of nitrogens with zero attached hydrogens (tertiary/aromatic N) is 7. The topological polar surface area (TPSA) is 91.5 Å². The van der Waals surface area contributed by atoms with Gasteiger partial charge in [-0.25, -0.2) is 9.78 Å². The predicted octanol–water partition coefficient (Wildman–Crippen LogP) is 3.48. The third-order valence-corrected chi connectivity index (χ3v) is 6.09. The summed E-state index contributed by atoms with van der Waals surface area (Å²) in [7, 11) is 0. The summed E-state index contributed by atoms with van der Waals surface area (Å²) in [6.45, 7) is 6.43.